The molecule has 21 heavy (non-hydrogen) atoms. The molecule has 2 heterocycles. The van der Waals surface area contributed by atoms with Gasteiger partial charge in [0.25, 0.3) is 0 Å². The van der Waals surface area contributed by atoms with E-state index in [0.29, 0.717) is 6.42 Å². The highest BCUT2D eigenvalue weighted by molar-refractivity contribution is 9.10. The highest BCUT2D eigenvalue weighted by atomic mass is 79.9. The summed E-state index contributed by atoms with van der Waals surface area (Å²) in [5.74, 6) is -0.221. The Morgan fingerprint density at radius 3 is 2.95 bits per heavy atom. The Labute approximate surface area is 135 Å². The largest absolute Gasteiger partial charge is 0.313 e. The number of nitrogens with zero attached hydrogens (tertiary/aromatic N) is 1. The molecule has 108 valence electrons. The predicted molar refractivity (Wildman–Crippen MR) is 89.2 cm³/mol. The van der Waals surface area contributed by atoms with Crippen molar-refractivity contribution >= 4 is 37.5 Å². The molecule has 1 aromatic carbocycles. The van der Waals surface area contributed by atoms with Gasteiger partial charge >= 0.3 is 0 Å². The number of likely N-dealkylation sites (N-methyl/N-ethyl adjacent to an activating group) is 1. The quantitative estimate of drug-likeness (QED) is 0.725. The molecule has 0 amide bonds. The summed E-state index contributed by atoms with van der Waals surface area (Å²) >= 11 is 5.02. The third-order valence-electron chi connectivity index (χ3n) is 3.44. The van der Waals surface area contributed by atoms with Crippen LogP contribution in [0.5, 0.6) is 0 Å². The van der Waals surface area contributed by atoms with E-state index in [9.17, 15) is 4.39 Å². The third-order valence-corrected chi connectivity index (χ3v) is 4.75. The fourth-order valence-corrected chi connectivity index (χ4v) is 3.71. The van der Waals surface area contributed by atoms with Crippen LogP contribution in [-0.4, -0.2) is 12.0 Å². The molecule has 0 aliphatic carbocycles. The molecule has 2 nitrogen and oxygen atoms in total. The number of halogens is 2. The molecule has 5 heteroatoms. The molecule has 0 fully saturated rings. The standard InChI is InChI=1S/C16H14BrFN2S/c1-19-15(6-10-4-12(17)8-13(18)5-10)11-7-16-14(20-9-11)2-3-21-16/h2-5,7-9,15,19H,6H2,1H3. The van der Waals surface area contributed by atoms with Crippen LogP contribution in [0.15, 0.2) is 46.4 Å². The van der Waals surface area contributed by atoms with Crippen molar-refractivity contribution in [1.82, 2.24) is 10.3 Å². The van der Waals surface area contributed by atoms with Gasteiger partial charge in [-0.25, -0.2) is 4.39 Å². The molecule has 3 aromatic rings. The van der Waals surface area contributed by atoms with Crippen LogP contribution in [0.1, 0.15) is 17.2 Å². The zero-order valence-electron chi connectivity index (χ0n) is 11.4. The Hall–Kier alpha value is -1.30. The average Bonchev–Trinajstić information content (AvgIpc) is 2.91. The van der Waals surface area contributed by atoms with E-state index in [-0.39, 0.29) is 11.9 Å². The summed E-state index contributed by atoms with van der Waals surface area (Å²) in [5.41, 5.74) is 3.09. The lowest BCUT2D eigenvalue weighted by Gasteiger charge is -2.17. The molecule has 0 radical (unpaired) electrons. The number of benzene rings is 1. The maximum absolute atomic E-state index is 13.5. The third kappa shape index (κ3) is 3.31. The van der Waals surface area contributed by atoms with E-state index in [1.54, 1.807) is 17.4 Å². The Bertz CT molecular complexity index is 752. The van der Waals surface area contributed by atoms with Crippen molar-refractivity contribution in [3.8, 4) is 0 Å². The van der Waals surface area contributed by atoms with Gasteiger partial charge in [0, 0.05) is 16.7 Å². The molecule has 1 unspecified atom stereocenters. The molecule has 0 saturated heterocycles. The van der Waals surface area contributed by atoms with Crippen LogP contribution in [0.4, 0.5) is 4.39 Å². The van der Waals surface area contributed by atoms with Crippen LogP contribution in [0, 0.1) is 5.82 Å². The molecule has 0 aliphatic heterocycles. The summed E-state index contributed by atoms with van der Waals surface area (Å²) < 4.78 is 15.4. The van der Waals surface area contributed by atoms with Gasteiger partial charge in [-0.1, -0.05) is 15.9 Å². The van der Waals surface area contributed by atoms with Crippen molar-refractivity contribution in [2.75, 3.05) is 7.05 Å². The molecule has 1 atom stereocenters. The van der Waals surface area contributed by atoms with Crippen molar-refractivity contribution in [2.24, 2.45) is 0 Å². The second-order valence-electron chi connectivity index (χ2n) is 4.90. The van der Waals surface area contributed by atoms with Crippen LogP contribution in [-0.2, 0) is 6.42 Å². The van der Waals surface area contributed by atoms with Crippen molar-refractivity contribution < 1.29 is 4.39 Å². The molecule has 0 aliphatic rings. The van der Waals surface area contributed by atoms with Gasteiger partial charge in [-0.2, -0.15) is 0 Å². The number of rotatable bonds is 4. The normalized spacial score (nSPS) is 12.7. The van der Waals surface area contributed by atoms with Gasteiger partial charge in [0.05, 0.1) is 10.2 Å². The van der Waals surface area contributed by atoms with Gasteiger partial charge < -0.3 is 5.32 Å². The zero-order chi connectivity index (χ0) is 14.8. The van der Waals surface area contributed by atoms with E-state index in [1.165, 1.54) is 10.8 Å². The molecule has 0 bridgehead atoms. The monoisotopic (exact) mass is 364 g/mol. The first-order chi connectivity index (χ1) is 10.2. The summed E-state index contributed by atoms with van der Waals surface area (Å²) in [4.78, 5) is 4.47. The number of aromatic nitrogens is 1. The minimum atomic E-state index is -0.221. The fraction of sp³-hybridized carbons (Fsp3) is 0.188. The Morgan fingerprint density at radius 2 is 2.19 bits per heavy atom. The lowest BCUT2D eigenvalue weighted by atomic mass is 10.00. The average molecular weight is 365 g/mol. The number of fused-ring (bicyclic) bond motifs is 1. The molecule has 0 saturated carbocycles. The van der Waals surface area contributed by atoms with Gasteiger partial charge in [0.2, 0.25) is 0 Å². The van der Waals surface area contributed by atoms with Crippen LogP contribution < -0.4 is 5.32 Å². The van der Waals surface area contributed by atoms with E-state index in [1.807, 2.05) is 30.8 Å². The molecule has 1 N–H and O–H groups in total. The van der Waals surface area contributed by atoms with Gasteiger partial charge in [0.15, 0.2) is 0 Å². The van der Waals surface area contributed by atoms with E-state index < -0.39 is 0 Å². The Morgan fingerprint density at radius 1 is 1.33 bits per heavy atom. The first-order valence-corrected chi connectivity index (χ1v) is 8.28. The second-order valence-corrected chi connectivity index (χ2v) is 6.76. The highest BCUT2D eigenvalue weighted by Crippen LogP contribution is 2.25. The van der Waals surface area contributed by atoms with Gasteiger partial charge in [-0.05, 0) is 60.3 Å². The van der Waals surface area contributed by atoms with Gasteiger partial charge in [0.1, 0.15) is 5.82 Å². The smallest absolute Gasteiger partial charge is 0.124 e. The zero-order valence-corrected chi connectivity index (χ0v) is 13.8. The lowest BCUT2D eigenvalue weighted by Crippen LogP contribution is -2.19. The maximum atomic E-state index is 13.5. The number of nitrogens with one attached hydrogen (secondary N) is 1. The van der Waals surface area contributed by atoms with E-state index >= 15 is 0 Å². The van der Waals surface area contributed by atoms with Gasteiger partial charge in [-0.15, -0.1) is 11.3 Å². The first kappa shape index (κ1) is 14.6. The SMILES string of the molecule is CNC(Cc1cc(F)cc(Br)c1)c1cnc2ccsc2c1. The Kier molecular flexibility index (Phi) is 4.33. The summed E-state index contributed by atoms with van der Waals surface area (Å²) in [6, 6.07) is 9.27. The van der Waals surface area contributed by atoms with E-state index in [0.717, 1.165) is 21.1 Å². The van der Waals surface area contributed by atoms with Crippen LogP contribution in [0.25, 0.3) is 10.2 Å². The first-order valence-electron chi connectivity index (χ1n) is 6.61. The van der Waals surface area contributed by atoms with Crippen molar-refractivity contribution in [2.45, 2.75) is 12.5 Å². The number of pyridine rings is 1. The number of thiophene rings is 1. The molecular formula is C16H14BrFN2S. The lowest BCUT2D eigenvalue weighted by molar-refractivity contribution is 0.583. The van der Waals surface area contributed by atoms with E-state index in [4.69, 9.17) is 0 Å². The number of hydrogen-bond donors (Lipinski definition) is 1. The van der Waals surface area contributed by atoms with Crippen molar-refractivity contribution in [3.63, 3.8) is 0 Å². The van der Waals surface area contributed by atoms with Gasteiger partial charge in [-0.3, -0.25) is 4.98 Å². The molecule has 3 rings (SSSR count). The van der Waals surface area contributed by atoms with Crippen LogP contribution >= 0.6 is 27.3 Å². The predicted octanol–water partition coefficient (Wildman–Crippen LogP) is 4.70. The molecule has 2 aromatic heterocycles. The second kappa shape index (κ2) is 6.22. The Balaban J connectivity index is 1.90. The summed E-state index contributed by atoms with van der Waals surface area (Å²) in [5, 5.41) is 5.33. The minimum Gasteiger partial charge on any atom is -0.313 e. The minimum absolute atomic E-state index is 0.109. The van der Waals surface area contributed by atoms with E-state index in [2.05, 4.69) is 32.3 Å². The summed E-state index contributed by atoms with van der Waals surface area (Å²) in [7, 11) is 1.91. The molecule has 0 spiro atoms. The van der Waals surface area contributed by atoms with Crippen molar-refractivity contribution in [1.29, 1.82) is 0 Å². The maximum Gasteiger partial charge on any atom is 0.124 e. The van der Waals surface area contributed by atoms with Crippen LogP contribution in [0.2, 0.25) is 0 Å². The van der Waals surface area contributed by atoms with Crippen molar-refractivity contribution in [3.05, 3.63) is 63.3 Å². The topological polar surface area (TPSA) is 24.9 Å². The summed E-state index contributed by atoms with van der Waals surface area (Å²) in [6.45, 7) is 0. The summed E-state index contributed by atoms with van der Waals surface area (Å²) in [6.07, 6.45) is 2.61. The number of hydrogen-bond acceptors (Lipinski definition) is 3. The molecular weight excluding hydrogens is 351 g/mol. The fourth-order valence-electron chi connectivity index (χ4n) is 2.40. The van der Waals surface area contributed by atoms with Crippen LogP contribution in [0.3, 0.4) is 0 Å². The highest BCUT2D eigenvalue weighted by Gasteiger charge is 2.13.